The van der Waals surface area contributed by atoms with Gasteiger partial charge in [0.1, 0.15) is 22.3 Å². The number of anilines is 6. The lowest BCUT2D eigenvalue weighted by Gasteiger charge is -2.45. The second kappa shape index (κ2) is 19.7. The summed E-state index contributed by atoms with van der Waals surface area (Å²) in [6.07, 6.45) is 0. The Morgan fingerprint density at radius 1 is 0.307 bits per heavy atom. The molecule has 0 saturated heterocycles. The van der Waals surface area contributed by atoms with Gasteiger partial charge in [0.05, 0.1) is 5.41 Å². The Morgan fingerprint density at radius 2 is 0.807 bits per heavy atom. The van der Waals surface area contributed by atoms with Gasteiger partial charge in [-0.3, -0.25) is 0 Å². The Morgan fingerprint density at radius 3 is 1.50 bits per heavy atom. The van der Waals surface area contributed by atoms with Gasteiger partial charge in [0, 0.05) is 55.7 Å². The zero-order chi connectivity index (χ0) is 57.9. The molecule has 1 aliphatic heterocycles. The first kappa shape index (κ1) is 50.1. The largest absolute Gasteiger partial charge is 0.456 e. The van der Waals surface area contributed by atoms with E-state index in [1.54, 1.807) is 0 Å². The van der Waals surface area contributed by atoms with Crippen molar-refractivity contribution in [2.45, 2.75) is 5.41 Å². The zero-order valence-corrected chi connectivity index (χ0v) is 48.9. The molecule has 16 aromatic rings. The van der Waals surface area contributed by atoms with Crippen molar-refractivity contribution in [2.75, 3.05) is 9.80 Å². The molecule has 0 atom stereocenters. The van der Waals surface area contributed by atoms with E-state index in [9.17, 15) is 0 Å². The van der Waals surface area contributed by atoms with Crippen LogP contribution in [0.5, 0.6) is 0 Å². The monoisotopic (exact) mass is 1140 g/mol. The van der Waals surface area contributed by atoms with Crippen LogP contribution in [-0.4, -0.2) is 8.07 Å². The van der Waals surface area contributed by atoms with E-state index < -0.39 is 13.5 Å². The van der Waals surface area contributed by atoms with Crippen molar-refractivity contribution >= 4 is 118 Å². The summed E-state index contributed by atoms with van der Waals surface area (Å²) in [5, 5.41) is 11.9. The zero-order valence-electron chi connectivity index (χ0n) is 47.9. The van der Waals surface area contributed by atoms with Crippen LogP contribution in [0, 0.1) is 0 Å². The van der Waals surface area contributed by atoms with E-state index in [0.29, 0.717) is 0 Å². The molecule has 5 heteroatoms. The van der Waals surface area contributed by atoms with E-state index in [1.807, 2.05) is 0 Å². The molecule has 0 radical (unpaired) electrons. The predicted octanol–water partition coefficient (Wildman–Crippen LogP) is 19.3. The van der Waals surface area contributed by atoms with Crippen molar-refractivity contribution < 1.29 is 8.83 Å². The summed E-state index contributed by atoms with van der Waals surface area (Å²) < 4.78 is 13.7. The molecule has 18 rings (SSSR count). The van der Waals surface area contributed by atoms with Crippen molar-refractivity contribution in [3.05, 3.63) is 350 Å². The van der Waals surface area contributed by atoms with Gasteiger partial charge >= 0.3 is 0 Å². The highest BCUT2D eigenvalue weighted by molar-refractivity contribution is 7.21. The number of furan rings is 2. The molecular formula is C83H54N2O2Si. The fourth-order valence-corrected chi connectivity index (χ4v) is 20.3. The van der Waals surface area contributed by atoms with E-state index in [1.165, 1.54) is 70.5 Å². The minimum Gasteiger partial charge on any atom is -0.456 e. The molecule has 14 aromatic carbocycles. The highest BCUT2D eigenvalue weighted by Crippen LogP contribution is 2.57. The minimum absolute atomic E-state index is 0.606. The summed E-state index contributed by atoms with van der Waals surface area (Å²) in [4.78, 5) is 5.00. The maximum Gasteiger partial charge on any atom is 0.184 e. The summed E-state index contributed by atoms with van der Waals surface area (Å²) in [6, 6.07) is 121. The molecule has 0 spiro atoms. The van der Waals surface area contributed by atoms with E-state index in [4.69, 9.17) is 8.83 Å². The second-order valence-corrected chi connectivity index (χ2v) is 27.2. The second-order valence-electron chi connectivity index (χ2n) is 23.4. The molecule has 88 heavy (non-hydrogen) atoms. The summed E-state index contributed by atoms with van der Waals surface area (Å²) >= 11 is 0. The van der Waals surface area contributed by atoms with Gasteiger partial charge in [-0.15, -0.1) is 0 Å². The average Bonchev–Trinajstić information content (AvgIpc) is 1.81. The van der Waals surface area contributed by atoms with Crippen molar-refractivity contribution in [1.82, 2.24) is 0 Å². The lowest BCUT2D eigenvalue weighted by Crippen LogP contribution is -2.77. The van der Waals surface area contributed by atoms with Gasteiger partial charge in [-0.05, 0) is 155 Å². The molecule has 2 aliphatic rings. The van der Waals surface area contributed by atoms with Crippen molar-refractivity contribution in [2.24, 2.45) is 0 Å². The molecule has 1 aliphatic carbocycles. The van der Waals surface area contributed by atoms with E-state index in [0.717, 1.165) is 83.6 Å². The highest BCUT2D eigenvalue weighted by atomic mass is 28.3. The number of hydrogen-bond donors (Lipinski definition) is 0. The molecule has 2 aromatic heterocycles. The molecule has 4 nitrogen and oxygen atoms in total. The van der Waals surface area contributed by atoms with Crippen molar-refractivity contribution in [3.63, 3.8) is 0 Å². The van der Waals surface area contributed by atoms with Crippen LogP contribution in [-0.2, 0) is 5.41 Å². The third-order valence-electron chi connectivity index (χ3n) is 19.0. The van der Waals surface area contributed by atoms with Gasteiger partial charge < -0.3 is 18.6 Å². The highest BCUT2D eigenvalue weighted by Gasteiger charge is 2.50. The predicted molar refractivity (Wildman–Crippen MR) is 368 cm³/mol. The fraction of sp³-hybridized carbons (Fsp3) is 0.0120. The van der Waals surface area contributed by atoms with Gasteiger partial charge in [-0.25, -0.2) is 0 Å². The third kappa shape index (κ3) is 7.32. The normalized spacial score (nSPS) is 13.6. The summed E-state index contributed by atoms with van der Waals surface area (Å²) in [7, 11) is -3.39. The summed E-state index contributed by atoms with van der Waals surface area (Å²) in [5.74, 6) is 0. The number of para-hydroxylation sites is 4. The SMILES string of the molecule is c1ccc(N2c3ccccc3[Si](c3ccc4c(c3)oc3ccccc34)(c3ccc4c(c3)oc3ccccc34)c3ccc(N(c4ccc(-c5cccc6ccccc56)cc4)c4ccc5c(c4)C(c4ccccc4)(c4ccccc4)c4ccccc4-5)cc32)cc1. The van der Waals surface area contributed by atoms with E-state index in [-0.39, 0.29) is 0 Å². The topological polar surface area (TPSA) is 32.8 Å². The Kier molecular flexibility index (Phi) is 11.2. The molecule has 3 heterocycles. The molecule has 412 valence electrons. The molecular weight excluding hydrogens is 1090 g/mol. The quantitative estimate of drug-likeness (QED) is 0.135. The maximum atomic E-state index is 6.86. The number of hydrogen-bond acceptors (Lipinski definition) is 4. The average molecular weight is 1140 g/mol. The summed E-state index contributed by atoms with van der Waals surface area (Å²) in [5.41, 5.74) is 19.2. The standard InChI is InChI=1S/C83H54N2O2Si/c1-4-23-57(24-5-1)83(58-25-6-2-7-26-58)73-34-15-12-30-67(73)68-47-43-61(51-74(68)83)84(60-41-39-56(40-42-60)66-33-20-22-55-21-10-11-29-65(55)66)62-44-50-82-76(52-62)85(59-27-8-3-9-28-59)75-35-16-19-38-81(75)88(82,63-45-48-71-69-31-13-17-36-77(69)86-79(71)53-63)64-46-49-72-70-32-14-18-37-78(70)87-80(72)54-64/h1-54H. The van der Waals surface area contributed by atoms with Gasteiger partial charge in [-0.1, -0.05) is 249 Å². The first-order valence-electron chi connectivity index (χ1n) is 30.3. The van der Waals surface area contributed by atoms with Crippen LogP contribution in [0.15, 0.2) is 336 Å². The number of fused-ring (bicyclic) bond motifs is 12. The molecule has 0 bridgehead atoms. The van der Waals surface area contributed by atoms with Gasteiger partial charge in [0.15, 0.2) is 8.07 Å². The molecule has 0 saturated carbocycles. The Labute approximate surface area is 510 Å². The van der Waals surface area contributed by atoms with E-state index >= 15 is 0 Å². The van der Waals surface area contributed by atoms with Crippen LogP contribution in [0.2, 0.25) is 0 Å². The van der Waals surface area contributed by atoms with Gasteiger partial charge in [0.25, 0.3) is 0 Å². The Bertz CT molecular complexity index is 5260. The van der Waals surface area contributed by atoms with Crippen molar-refractivity contribution in [1.29, 1.82) is 0 Å². The number of rotatable bonds is 9. The Balaban J connectivity index is 0.923. The van der Waals surface area contributed by atoms with Crippen molar-refractivity contribution in [3.8, 4) is 22.3 Å². The molecule has 0 unspecified atom stereocenters. The maximum absolute atomic E-state index is 6.86. The minimum atomic E-state index is -3.39. The van der Waals surface area contributed by atoms with Crippen LogP contribution < -0.4 is 30.5 Å². The van der Waals surface area contributed by atoms with Crippen LogP contribution in [0.3, 0.4) is 0 Å². The fourth-order valence-electron chi connectivity index (χ4n) is 15.3. The third-order valence-corrected chi connectivity index (χ3v) is 23.8. The molecule has 0 fully saturated rings. The van der Waals surface area contributed by atoms with Crippen LogP contribution >= 0.6 is 0 Å². The smallest absolute Gasteiger partial charge is 0.184 e. The Hall–Kier alpha value is -11.2. The summed E-state index contributed by atoms with van der Waals surface area (Å²) in [6.45, 7) is 0. The molecule has 0 N–H and O–H groups in total. The first-order chi connectivity index (χ1) is 43.6. The lowest BCUT2D eigenvalue weighted by molar-refractivity contribution is 0.669. The number of nitrogens with zero attached hydrogens (tertiary/aromatic N) is 2. The first-order valence-corrected chi connectivity index (χ1v) is 32.3. The lowest BCUT2D eigenvalue weighted by atomic mass is 9.67. The van der Waals surface area contributed by atoms with E-state index in [2.05, 4.69) is 337 Å². The van der Waals surface area contributed by atoms with Crippen LogP contribution in [0.1, 0.15) is 22.3 Å². The van der Waals surface area contributed by atoms with Crippen LogP contribution in [0.25, 0.3) is 76.9 Å². The van der Waals surface area contributed by atoms with Gasteiger partial charge in [-0.2, -0.15) is 0 Å². The number of benzene rings is 14. The molecule has 0 amide bonds. The van der Waals surface area contributed by atoms with Crippen LogP contribution in [0.4, 0.5) is 34.1 Å². The van der Waals surface area contributed by atoms with Gasteiger partial charge in [0.2, 0.25) is 0 Å².